The highest BCUT2D eigenvalue weighted by molar-refractivity contribution is 5.92. The molecule has 0 spiro atoms. The van der Waals surface area contributed by atoms with Crippen molar-refractivity contribution in [3.8, 4) is 11.3 Å². The molecule has 0 saturated heterocycles. The van der Waals surface area contributed by atoms with Crippen LogP contribution in [-0.2, 0) is 11.2 Å². The Bertz CT molecular complexity index is 873. The van der Waals surface area contributed by atoms with Crippen LogP contribution in [0.1, 0.15) is 27.8 Å². The van der Waals surface area contributed by atoms with E-state index in [1.54, 1.807) is 6.07 Å². The second-order valence-corrected chi connectivity index (χ2v) is 5.96. The van der Waals surface area contributed by atoms with Crippen molar-refractivity contribution in [2.24, 2.45) is 0 Å². The number of rotatable bonds is 4. The molecule has 25 heavy (non-hydrogen) atoms. The average Bonchev–Trinajstić information content (AvgIpc) is 3.17. The van der Waals surface area contributed by atoms with Gasteiger partial charge in [0.05, 0.1) is 6.61 Å². The van der Waals surface area contributed by atoms with Gasteiger partial charge in [-0.3, -0.25) is 4.79 Å². The highest BCUT2D eigenvalue weighted by atomic mass is 16.5. The minimum atomic E-state index is -0.290. The van der Waals surface area contributed by atoms with Gasteiger partial charge < -0.3 is 14.6 Å². The Kier molecular flexibility index (Phi) is 4.31. The van der Waals surface area contributed by atoms with E-state index in [9.17, 15) is 4.79 Å². The first-order valence-electron chi connectivity index (χ1n) is 8.31. The van der Waals surface area contributed by atoms with Crippen LogP contribution in [0, 0.1) is 0 Å². The van der Waals surface area contributed by atoms with Crippen LogP contribution in [0.15, 0.2) is 65.2 Å². The molecule has 0 radical (unpaired) electrons. The third-order valence-electron chi connectivity index (χ3n) is 4.34. The zero-order valence-corrected chi connectivity index (χ0v) is 13.6. The summed E-state index contributed by atoms with van der Waals surface area (Å²) in [5.41, 5.74) is 3.97. The lowest BCUT2D eigenvalue weighted by atomic mass is 9.97. The molecule has 1 atom stereocenters. The number of fused-ring (bicyclic) bond motifs is 1. The molecule has 0 fully saturated rings. The number of nitrogens with zero attached hydrogens (tertiary/aromatic N) is 1. The van der Waals surface area contributed by atoms with E-state index in [0.717, 1.165) is 17.5 Å². The largest absolute Gasteiger partial charge is 0.371 e. The van der Waals surface area contributed by atoms with E-state index in [-0.39, 0.29) is 17.8 Å². The summed E-state index contributed by atoms with van der Waals surface area (Å²) in [6.45, 7) is 1.06. The number of carbonyl (C=O) groups excluding carboxylic acids is 1. The second kappa shape index (κ2) is 6.91. The SMILES string of the molecule is O=C(NC[C@H]1OCCc2ccccc21)c1cc(-c2ccccc2)no1. The zero-order chi connectivity index (χ0) is 17.1. The Morgan fingerprint density at radius 1 is 1.12 bits per heavy atom. The van der Waals surface area contributed by atoms with Crippen molar-refractivity contribution in [1.29, 1.82) is 0 Å². The molecular formula is C20H18N2O3. The van der Waals surface area contributed by atoms with E-state index in [4.69, 9.17) is 9.26 Å². The monoisotopic (exact) mass is 334 g/mol. The number of benzene rings is 2. The first-order chi connectivity index (χ1) is 12.3. The first-order valence-corrected chi connectivity index (χ1v) is 8.31. The van der Waals surface area contributed by atoms with E-state index >= 15 is 0 Å². The van der Waals surface area contributed by atoms with Crippen LogP contribution in [0.25, 0.3) is 11.3 Å². The molecule has 5 heteroatoms. The van der Waals surface area contributed by atoms with Crippen molar-refractivity contribution >= 4 is 5.91 Å². The fourth-order valence-electron chi connectivity index (χ4n) is 3.05. The second-order valence-electron chi connectivity index (χ2n) is 5.96. The van der Waals surface area contributed by atoms with Crippen molar-refractivity contribution < 1.29 is 14.1 Å². The van der Waals surface area contributed by atoms with Crippen LogP contribution in [0.4, 0.5) is 0 Å². The summed E-state index contributed by atoms with van der Waals surface area (Å²) in [4.78, 5) is 12.3. The summed E-state index contributed by atoms with van der Waals surface area (Å²) in [6.07, 6.45) is 0.772. The zero-order valence-electron chi connectivity index (χ0n) is 13.6. The normalized spacial score (nSPS) is 16.2. The minimum absolute atomic E-state index is 0.134. The van der Waals surface area contributed by atoms with Gasteiger partial charge in [0.1, 0.15) is 11.8 Å². The van der Waals surface area contributed by atoms with Crippen LogP contribution in [0.5, 0.6) is 0 Å². The summed E-state index contributed by atoms with van der Waals surface area (Å²) in [6, 6.07) is 19.4. The Morgan fingerprint density at radius 3 is 2.80 bits per heavy atom. The lowest BCUT2D eigenvalue weighted by Crippen LogP contribution is -2.31. The van der Waals surface area contributed by atoms with Crippen molar-refractivity contribution in [3.05, 3.63) is 77.6 Å². The van der Waals surface area contributed by atoms with Gasteiger partial charge in [-0.15, -0.1) is 0 Å². The molecule has 0 saturated carbocycles. The van der Waals surface area contributed by atoms with Gasteiger partial charge in [-0.05, 0) is 17.5 Å². The Morgan fingerprint density at radius 2 is 1.92 bits per heavy atom. The molecule has 1 aromatic heterocycles. The smallest absolute Gasteiger partial charge is 0.290 e. The lowest BCUT2D eigenvalue weighted by molar-refractivity contribution is 0.0407. The van der Waals surface area contributed by atoms with Crippen LogP contribution in [0.2, 0.25) is 0 Å². The molecule has 0 aliphatic carbocycles. The molecule has 0 bridgehead atoms. The standard InChI is InChI=1S/C20H18N2O3/c23-20(18-12-17(22-25-18)15-7-2-1-3-8-15)21-13-19-16-9-5-4-6-14(16)10-11-24-19/h1-9,12,19H,10-11,13H2,(H,21,23)/t19-/m1/s1. The summed E-state index contributed by atoms with van der Waals surface area (Å²) in [7, 11) is 0. The maximum Gasteiger partial charge on any atom is 0.290 e. The number of ether oxygens (including phenoxy) is 1. The molecule has 1 amide bonds. The number of carbonyl (C=O) groups is 1. The lowest BCUT2D eigenvalue weighted by Gasteiger charge is -2.26. The molecule has 5 nitrogen and oxygen atoms in total. The third kappa shape index (κ3) is 3.32. The highest BCUT2D eigenvalue weighted by Crippen LogP contribution is 2.26. The van der Waals surface area contributed by atoms with Gasteiger partial charge in [-0.25, -0.2) is 0 Å². The third-order valence-corrected chi connectivity index (χ3v) is 4.34. The van der Waals surface area contributed by atoms with Crippen LogP contribution in [-0.4, -0.2) is 24.2 Å². The van der Waals surface area contributed by atoms with Crippen LogP contribution in [0.3, 0.4) is 0 Å². The number of aromatic nitrogens is 1. The van der Waals surface area contributed by atoms with E-state index < -0.39 is 0 Å². The Labute approximate surface area is 145 Å². The predicted molar refractivity (Wildman–Crippen MR) is 93.1 cm³/mol. The number of nitrogens with one attached hydrogen (secondary N) is 1. The van der Waals surface area contributed by atoms with Crippen molar-refractivity contribution in [2.75, 3.05) is 13.2 Å². The molecule has 126 valence electrons. The average molecular weight is 334 g/mol. The van der Waals surface area contributed by atoms with Gasteiger partial charge in [-0.1, -0.05) is 59.8 Å². The molecular weight excluding hydrogens is 316 g/mol. The van der Waals surface area contributed by atoms with E-state index in [1.165, 1.54) is 5.56 Å². The first kappa shape index (κ1) is 15.6. The van der Waals surface area contributed by atoms with Gasteiger partial charge in [-0.2, -0.15) is 0 Å². The molecule has 4 rings (SSSR count). The summed E-state index contributed by atoms with van der Waals surface area (Å²) in [5, 5.41) is 6.85. The molecule has 3 aromatic rings. The summed E-state index contributed by atoms with van der Waals surface area (Å²) >= 11 is 0. The number of hydrogen-bond donors (Lipinski definition) is 1. The minimum Gasteiger partial charge on any atom is -0.371 e. The van der Waals surface area contributed by atoms with E-state index in [1.807, 2.05) is 48.5 Å². The van der Waals surface area contributed by atoms with E-state index in [2.05, 4.69) is 16.5 Å². The summed E-state index contributed by atoms with van der Waals surface area (Å²) < 4.78 is 11.0. The topological polar surface area (TPSA) is 64.4 Å². The molecule has 2 heterocycles. The quantitative estimate of drug-likeness (QED) is 0.794. The van der Waals surface area contributed by atoms with Gasteiger partial charge >= 0.3 is 0 Å². The van der Waals surface area contributed by atoms with Crippen LogP contribution < -0.4 is 5.32 Å². The Balaban J connectivity index is 1.43. The summed E-state index contributed by atoms with van der Waals surface area (Å²) in [5.74, 6) is -0.0933. The highest BCUT2D eigenvalue weighted by Gasteiger charge is 2.22. The molecule has 1 aliphatic rings. The maximum atomic E-state index is 12.3. The fourth-order valence-corrected chi connectivity index (χ4v) is 3.05. The number of amides is 1. The molecule has 1 N–H and O–H groups in total. The van der Waals surface area contributed by atoms with Gasteiger partial charge in [0.2, 0.25) is 5.76 Å². The van der Waals surface area contributed by atoms with Crippen LogP contribution >= 0.6 is 0 Å². The Hall–Kier alpha value is -2.92. The van der Waals surface area contributed by atoms with Crippen molar-refractivity contribution in [3.63, 3.8) is 0 Å². The fraction of sp³-hybridized carbons (Fsp3) is 0.200. The molecule has 1 aliphatic heterocycles. The molecule has 0 unspecified atom stereocenters. The maximum absolute atomic E-state index is 12.3. The van der Waals surface area contributed by atoms with E-state index in [0.29, 0.717) is 18.8 Å². The van der Waals surface area contributed by atoms with Gasteiger partial charge in [0.15, 0.2) is 0 Å². The predicted octanol–water partition coefficient (Wildman–Crippen LogP) is 3.39. The van der Waals surface area contributed by atoms with Crippen molar-refractivity contribution in [2.45, 2.75) is 12.5 Å². The van der Waals surface area contributed by atoms with Gasteiger partial charge in [0.25, 0.3) is 5.91 Å². The molecule has 2 aromatic carbocycles. The number of hydrogen-bond acceptors (Lipinski definition) is 4. The van der Waals surface area contributed by atoms with Crippen molar-refractivity contribution in [1.82, 2.24) is 10.5 Å². The van der Waals surface area contributed by atoms with Gasteiger partial charge in [0, 0.05) is 18.2 Å².